The lowest BCUT2D eigenvalue weighted by atomic mass is 10.2. The average Bonchev–Trinajstić information content (AvgIpc) is 2.84. The summed E-state index contributed by atoms with van der Waals surface area (Å²) < 4.78 is 10.6. The molecular weight excluding hydrogens is 306 g/mol. The number of benzene rings is 1. The van der Waals surface area contributed by atoms with E-state index >= 15 is 0 Å². The Labute approximate surface area is 133 Å². The molecule has 0 spiro atoms. The lowest BCUT2D eigenvalue weighted by molar-refractivity contribution is -0.0778. The number of nitrogens with one attached hydrogen (secondary N) is 1. The summed E-state index contributed by atoms with van der Waals surface area (Å²) in [6.45, 7) is 1.83. The zero-order chi connectivity index (χ0) is 16.1. The number of H-pyrrole nitrogens is 1. The maximum absolute atomic E-state index is 9.46. The summed E-state index contributed by atoms with van der Waals surface area (Å²) in [7, 11) is 1.44. The fourth-order valence-corrected chi connectivity index (χ4v) is 2.18. The van der Waals surface area contributed by atoms with Gasteiger partial charge in [-0.2, -0.15) is 10.4 Å². The average molecular weight is 322 g/mol. The van der Waals surface area contributed by atoms with Crippen LogP contribution in [0.1, 0.15) is 23.4 Å². The highest BCUT2D eigenvalue weighted by Crippen LogP contribution is 2.30. The Morgan fingerprint density at radius 1 is 1.45 bits per heavy atom. The predicted octanol–water partition coefficient (Wildman–Crippen LogP) is 2.93. The van der Waals surface area contributed by atoms with E-state index in [4.69, 9.17) is 26.3 Å². The van der Waals surface area contributed by atoms with Gasteiger partial charge in [0.25, 0.3) is 0 Å². The monoisotopic (exact) mass is 321 g/mol. The first-order valence-corrected chi connectivity index (χ1v) is 7.04. The summed E-state index contributed by atoms with van der Waals surface area (Å²) in [6.07, 6.45) is 0.0393. The molecule has 6 nitrogen and oxygen atoms in total. The number of aryl methyl sites for hydroxylation is 2. The van der Waals surface area contributed by atoms with Gasteiger partial charge in [-0.1, -0.05) is 11.6 Å². The molecule has 0 fully saturated rings. The highest BCUT2D eigenvalue weighted by Gasteiger charge is 2.15. The van der Waals surface area contributed by atoms with Gasteiger partial charge >= 0.3 is 0 Å². The first kappa shape index (κ1) is 16.3. The van der Waals surface area contributed by atoms with Crippen LogP contribution in [0.3, 0.4) is 0 Å². The van der Waals surface area contributed by atoms with Crippen LogP contribution in [-0.4, -0.2) is 28.7 Å². The summed E-state index contributed by atoms with van der Waals surface area (Å²) in [5.41, 5.74) is 1.84. The Morgan fingerprint density at radius 2 is 2.23 bits per heavy atom. The number of hydrogen-bond donors (Lipinski definition) is 2. The third kappa shape index (κ3) is 3.98. The van der Waals surface area contributed by atoms with Gasteiger partial charge in [0.2, 0.25) is 0 Å². The van der Waals surface area contributed by atoms with Crippen molar-refractivity contribution in [2.45, 2.75) is 26.1 Å². The molecule has 22 heavy (non-hydrogen) atoms. The molecule has 2 rings (SSSR count). The number of aromatic amines is 1. The Kier molecular flexibility index (Phi) is 5.39. The SMILES string of the molecule is COC(O)CCc1n[nH]c(C)c1Oc1cc(Cl)cc(C#N)c1. The van der Waals surface area contributed by atoms with Crippen molar-refractivity contribution < 1.29 is 14.6 Å². The Morgan fingerprint density at radius 3 is 2.91 bits per heavy atom. The van der Waals surface area contributed by atoms with E-state index < -0.39 is 6.29 Å². The number of methoxy groups -OCH3 is 1. The molecule has 2 aromatic rings. The zero-order valence-electron chi connectivity index (χ0n) is 12.3. The predicted molar refractivity (Wildman–Crippen MR) is 80.9 cm³/mol. The molecule has 7 heteroatoms. The number of rotatable bonds is 6. The highest BCUT2D eigenvalue weighted by molar-refractivity contribution is 6.30. The number of aliphatic hydroxyl groups excluding tert-OH is 1. The molecule has 2 N–H and O–H groups in total. The van der Waals surface area contributed by atoms with Crippen LogP contribution in [0.2, 0.25) is 5.02 Å². The van der Waals surface area contributed by atoms with Gasteiger partial charge < -0.3 is 14.6 Å². The Bertz CT molecular complexity index is 694. The molecule has 1 heterocycles. The Balaban J connectivity index is 2.21. The van der Waals surface area contributed by atoms with Gasteiger partial charge in [0, 0.05) is 25.0 Å². The number of halogens is 1. The van der Waals surface area contributed by atoms with Gasteiger partial charge in [-0.3, -0.25) is 5.10 Å². The van der Waals surface area contributed by atoms with Gasteiger partial charge in [0.15, 0.2) is 12.0 Å². The maximum atomic E-state index is 9.46. The first-order valence-electron chi connectivity index (χ1n) is 6.66. The molecule has 0 aliphatic rings. The summed E-state index contributed by atoms with van der Waals surface area (Å²) in [5, 5.41) is 25.9. The van der Waals surface area contributed by atoms with E-state index in [-0.39, 0.29) is 0 Å². The number of ether oxygens (including phenoxy) is 2. The van der Waals surface area contributed by atoms with Crippen LogP contribution in [0.25, 0.3) is 0 Å². The number of nitrogens with zero attached hydrogens (tertiary/aromatic N) is 2. The number of aliphatic hydroxyl groups is 1. The minimum atomic E-state index is -0.846. The van der Waals surface area contributed by atoms with Crippen LogP contribution in [0.4, 0.5) is 0 Å². The van der Waals surface area contributed by atoms with E-state index in [9.17, 15) is 5.11 Å². The van der Waals surface area contributed by atoms with Crippen LogP contribution >= 0.6 is 11.6 Å². The second-order valence-corrected chi connectivity index (χ2v) is 5.18. The molecule has 1 aromatic carbocycles. The molecule has 0 bridgehead atoms. The van der Waals surface area contributed by atoms with E-state index in [1.54, 1.807) is 18.2 Å². The molecule has 1 atom stereocenters. The van der Waals surface area contributed by atoms with Gasteiger partial charge in [0.1, 0.15) is 11.4 Å². The third-order valence-corrected chi connectivity index (χ3v) is 3.30. The second-order valence-electron chi connectivity index (χ2n) is 4.74. The summed E-state index contributed by atoms with van der Waals surface area (Å²) in [6, 6.07) is 6.82. The zero-order valence-corrected chi connectivity index (χ0v) is 13.0. The normalized spacial score (nSPS) is 12.0. The maximum Gasteiger partial charge on any atom is 0.171 e. The standard InChI is InChI=1S/C15H16ClN3O3/c1-9-15(13(19-18-9)3-4-14(20)21-2)22-12-6-10(8-17)5-11(16)7-12/h5-7,14,20H,3-4H2,1-2H3,(H,18,19). The van der Waals surface area contributed by atoms with Gasteiger partial charge in [0.05, 0.1) is 17.3 Å². The van der Waals surface area contributed by atoms with E-state index in [1.807, 2.05) is 13.0 Å². The fourth-order valence-electron chi connectivity index (χ4n) is 1.96. The summed E-state index contributed by atoms with van der Waals surface area (Å²) in [4.78, 5) is 0. The van der Waals surface area contributed by atoms with E-state index in [2.05, 4.69) is 10.2 Å². The quantitative estimate of drug-likeness (QED) is 0.798. The van der Waals surface area contributed by atoms with Gasteiger partial charge in [-0.15, -0.1) is 0 Å². The van der Waals surface area contributed by atoms with Gasteiger partial charge in [-0.05, 0) is 25.1 Å². The minimum Gasteiger partial charge on any atom is -0.453 e. The topological polar surface area (TPSA) is 91.2 Å². The summed E-state index contributed by atoms with van der Waals surface area (Å²) in [5.74, 6) is 1.02. The molecule has 0 amide bonds. The van der Waals surface area contributed by atoms with Crippen molar-refractivity contribution in [3.05, 3.63) is 40.2 Å². The second kappa shape index (κ2) is 7.27. The number of hydrogen-bond acceptors (Lipinski definition) is 5. The number of nitriles is 1. The lowest BCUT2D eigenvalue weighted by Crippen LogP contribution is -2.10. The van der Waals surface area contributed by atoms with Crippen LogP contribution < -0.4 is 4.74 Å². The van der Waals surface area contributed by atoms with Crippen LogP contribution in [0.5, 0.6) is 11.5 Å². The van der Waals surface area contributed by atoms with E-state index in [0.717, 1.165) is 5.69 Å². The van der Waals surface area contributed by atoms with Crippen LogP contribution in [0.15, 0.2) is 18.2 Å². The lowest BCUT2D eigenvalue weighted by Gasteiger charge is -2.10. The van der Waals surface area contributed by atoms with Crippen molar-refractivity contribution in [3.63, 3.8) is 0 Å². The van der Waals surface area contributed by atoms with Crippen molar-refractivity contribution in [1.29, 1.82) is 5.26 Å². The molecule has 0 radical (unpaired) electrons. The van der Waals surface area contributed by atoms with Crippen LogP contribution in [-0.2, 0) is 11.2 Å². The highest BCUT2D eigenvalue weighted by atomic mass is 35.5. The molecule has 116 valence electrons. The van der Waals surface area contributed by atoms with E-state index in [1.165, 1.54) is 7.11 Å². The van der Waals surface area contributed by atoms with Gasteiger partial charge in [-0.25, -0.2) is 0 Å². The molecule has 0 saturated heterocycles. The van der Waals surface area contributed by atoms with Crippen molar-refractivity contribution in [3.8, 4) is 17.6 Å². The summed E-state index contributed by atoms with van der Waals surface area (Å²) >= 11 is 5.97. The third-order valence-electron chi connectivity index (χ3n) is 3.08. The van der Waals surface area contributed by atoms with E-state index in [0.29, 0.717) is 40.6 Å². The molecule has 1 unspecified atom stereocenters. The van der Waals surface area contributed by atoms with Crippen LogP contribution in [0, 0.1) is 18.3 Å². The molecule has 0 saturated carbocycles. The Hall–Kier alpha value is -2.07. The molecule has 0 aliphatic heterocycles. The van der Waals surface area contributed by atoms with Crippen molar-refractivity contribution >= 4 is 11.6 Å². The largest absolute Gasteiger partial charge is 0.453 e. The minimum absolute atomic E-state index is 0.399. The van der Waals surface area contributed by atoms with Crippen molar-refractivity contribution in [1.82, 2.24) is 10.2 Å². The molecular formula is C15H16ClN3O3. The number of aromatic nitrogens is 2. The fraction of sp³-hybridized carbons (Fsp3) is 0.333. The molecule has 0 aliphatic carbocycles. The smallest absolute Gasteiger partial charge is 0.171 e. The molecule has 1 aromatic heterocycles. The van der Waals surface area contributed by atoms with Crippen molar-refractivity contribution in [2.75, 3.05) is 7.11 Å². The van der Waals surface area contributed by atoms with Crippen molar-refractivity contribution in [2.24, 2.45) is 0 Å². The first-order chi connectivity index (χ1) is 10.5.